The van der Waals surface area contributed by atoms with Crippen molar-refractivity contribution >= 4 is 22.4 Å². The molecule has 3 aromatic carbocycles. The topological polar surface area (TPSA) is 35.2 Å². The average Bonchev–Trinajstić information content (AvgIpc) is 2.60. The zero-order valence-electron chi connectivity index (χ0n) is 13.1. The van der Waals surface area contributed by atoms with Crippen LogP contribution in [-0.4, -0.2) is 13.7 Å². The summed E-state index contributed by atoms with van der Waals surface area (Å²) in [5.41, 5.74) is 8.33. The normalized spacial score (nSPS) is 12.3. The van der Waals surface area contributed by atoms with Gasteiger partial charge in [0, 0.05) is 16.5 Å². The van der Waals surface area contributed by atoms with Crippen LogP contribution in [0.4, 0.5) is 0 Å². The van der Waals surface area contributed by atoms with Crippen molar-refractivity contribution < 1.29 is 4.74 Å². The molecule has 0 spiro atoms. The number of halogens is 1. The van der Waals surface area contributed by atoms with Gasteiger partial charge in [-0.3, -0.25) is 0 Å². The Morgan fingerprint density at radius 3 is 2.48 bits per heavy atom. The van der Waals surface area contributed by atoms with Crippen molar-refractivity contribution in [2.24, 2.45) is 5.73 Å². The SMILES string of the molecule is COc1ccc2ccccc2c1CC(CN)c1ccccc1Cl. The Morgan fingerprint density at radius 1 is 1.00 bits per heavy atom. The third-order valence-electron chi connectivity index (χ3n) is 4.30. The number of hydrogen-bond acceptors (Lipinski definition) is 2. The summed E-state index contributed by atoms with van der Waals surface area (Å²) in [4.78, 5) is 0. The molecule has 3 aromatic rings. The van der Waals surface area contributed by atoms with E-state index in [1.807, 2.05) is 30.3 Å². The minimum Gasteiger partial charge on any atom is -0.496 e. The van der Waals surface area contributed by atoms with Crippen molar-refractivity contribution in [3.8, 4) is 5.75 Å². The van der Waals surface area contributed by atoms with Gasteiger partial charge in [-0.25, -0.2) is 0 Å². The third kappa shape index (κ3) is 3.19. The Kier molecular flexibility index (Phi) is 4.85. The van der Waals surface area contributed by atoms with Crippen LogP contribution in [0.2, 0.25) is 5.02 Å². The summed E-state index contributed by atoms with van der Waals surface area (Å²) < 4.78 is 5.59. The van der Waals surface area contributed by atoms with Gasteiger partial charge in [0.05, 0.1) is 7.11 Å². The molecule has 118 valence electrons. The van der Waals surface area contributed by atoms with Crippen molar-refractivity contribution in [3.63, 3.8) is 0 Å². The highest BCUT2D eigenvalue weighted by Crippen LogP contribution is 2.34. The van der Waals surface area contributed by atoms with Gasteiger partial charge in [-0.2, -0.15) is 0 Å². The van der Waals surface area contributed by atoms with Gasteiger partial charge in [0.1, 0.15) is 5.75 Å². The fourth-order valence-corrected chi connectivity index (χ4v) is 3.38. The molecule has 0 aliphatic heterocycles. The van der Waals surface area contributed by atoms with Gasteiger partial charge in [-0.1, -0.05) is 60.1 Å². The number of fused-ring (bicyclic) bond motifs is 1. The highest BCUT2D eigenvalue weighted by Gasteiger charge is 2.18. The summed E-state index contributed by atoms with van der Waals surface area (Å²) in [6, 6.07) is 20.4. The molecule has 0 amide bonds. The van der Waals surface area contributed by atoms with Crippen LogP contribution in [-0.2, 0) is 6.42 Å². The Balaban J connectivity index is 2.07. The Hall–Kier alpha value is -2.03. The molecule has 0 aromatic heterocycles. The number of nitrogens with two attached hydrogens (primary N) is 1. The molecule has 23 heavy (non-hydrogen) atoms. The van der Waals surface area contributed by atoms with Crippen LogP contribution in [0.1, 0.15) is 17.0 Å². The molecule has 1 atom stereocenters. The molecule has 0 bridgehead atoms. The molecule has 0 saturated carbocycles. The number of methoxy groups -OCH3 is 1. The lowest BCUT2D eigenvalue weighted by atomic mass is 9.89. The Labute approximate surface area is 141 Å². The largest absolute Gasteiger partial charge is 0.496 e. The summed E-state index contributed by atoms with van der Waals surface area (Å²) in [6.07, 6.45) is 0.796. The first-order valence-corrected chi connectivity index (χ1v) is 8.11. The minimum atomic E-state index is 0.156. The van der Waals surface area contributed by atoms with Crippen molar-refractivity contribution in [2.45, 2.75) is 12.3 Å². The van der Waals surface area contributed by atoms with Crippen molar-refractivity contribution in [1.82, 2.24) is 0 Å². The van der Waals surface area contributed by atoms with Crippen LogP contribution < -0.4 is 10.5 Å². The molecule has 0 saturated heterocycles. The molecular weight excluding hydrogens is 306 g/mol. The second kappa shape index (κ2) is 7.03. The predicted octanol–water partition coefficient (Wildman–Crippen LogP) is 4.79. The minimum absolute atomic E-state index is 0.156. The molecule has 2 nitrogen and oxygen atoms in total. The van der Waals surface area contributed by atoms with E-state index in [2.05, 4.69) is 30.3 Å². The monoisotopic (exact) mass is 325 g/mol. The molecule has 0 heterocycles. The van der Waals surface area contributed by atoms with Gasteiger partial charge in [0.25, 0.3) is 0 Å². The molecule has 2 N–H and O–H groups in total. The van der Waals surface area contributed by atoms with Crippen LogP contribution in [0, 0.1) is 0 Å². The fourth-order valence-electron chi connectivity index (χ4n) is 3.09. The maximum atomic E-state index is 6.37. The molecule has 0 radical (unpaired) electrons. The standard InChI is InChI=1S/C20H20ClNO/c1-23-20-11-10-14-6-2-3-7-16(14)18(20)12-15(13-22)17-8-4-5-9-19(17)21/h2-11,15H,12-13,22H2,1H3. The Bertz CT molecular complexity index is 816. The lowest BCUT2D eigenvalue weighted by Crippen LogP contribution is -2.16. The van der Waals surface area contributed by atoms with Crippen molar-refractivity contribution in [3.05, 3.63) is 76.8 Å². The zero-order valence-corrected chi connectivity index (χ0v) is 13.9. The van der Waals surface area contributed by atoms with E-state index in [9.17, 15) is 0 Å². The van der Waals surface area contributed by atoms with Crippen molar-refractivity contribution in [1.29, 1.82) is 0 Å². The predicted molar refractivity (Wildman–Crippen MR) is 97.5 cm³/mol. The number of benzene rings is 3. The van der Waals surface area contributed by atoms with Gasteiger partial charge < -0.3 is 10.5 Å². The second-order valence-electron chi connectivity index (χ2n) is 5.63. The van der Waals surface area contributed by atoms with E-state index in [0.717, 1.165) is 22.8 Å². The molecular formula is C20H20ClNO. The number of rotatable bonds is 5. The lowest BCUT2D eigenvalue weighted by Gasteiger charge is -2.20. The van der Waals surface area contributed by atoms with E-state index >= 15 is 0 Å². The smallest absolute Gasteiger partial charge is 0.122 e. The van der Waals surface area contributed by atoms with Crippen LogP contribution in [0.25, 0.3) is 10.8 Å². The highest BCUT2D eigenvalue weighted by molar-refractivity contribution is 6.31. The highest BCUT2D eigenvalue weighted by atomic mass is 35.5. The molecule has 0 fully saturated rings. The second-order valence-corrected chi connectivity index (χ2v) is 6.03. The van der Waals surface area contributed by atoms with Crippen LogP contribution >= 0.6 is 11.6 Å². The molecule has 0 aliphatic rings. The Morgan fingerprint density at radius 2 is 1.74 bits per heavy atom. The van der Waals surface area contributed by atoms with E-state index in [4.69, 9.17) is 22.1 Å². The third-order valence-corrected chi connectivity index (χ3v) is 4.64. The van der Waals surface area contributed by atoms with Gasteiger partial charge in [0.2, 0.25) is 0 Å². The van der Waals surface area contributed by atoms with Gasteiger partial charge in [0.15, 0.2) is 0 Å². The average molecular weight is 326 g/mol. The van der Waals surface area contributed by atoms with Crippen LogP contribution in [0.15, 0.2) is 60.7 Å². The van der Waals surface area contributed by atoms with Gasteiger partial charge in [-0.15, -0.1) is 0 Å². The molecule has 3 rings (SSSR count). The molecule has 0 aliphatic carbocycles. The van der Waals surface area contributed by atoms with Gasteiger partial charge in [-0.05, 0) is 41.4 Å². The van der Waals surface area contributed by atoms with Gasteiger partial charge >= 0.3 is 0 Å². The van der Waals surface area contributed by atoms with E-state index in [1.165, 1.54) is 16.3 Å². The zero-order chi connectivity index (χ0) is 16.2. The maximum absolute atomic E-state index is 6.37. The molecule has 1 unspecified atom stereocenters. The summed E-state index contributed by atoms with van der Waals surface area (Å²) in [5, 5.41) is 3.18. The maximum Gasteiger partial charge on any atom is 0.122 e. The van der Waals surface area contributed by atoms with Crippen LogP contribution in [0.5, 0.6) is 5.75 Å². The summed E-state index contributed by atoms with van der Waals surface area (Å²) in [7, 11) is 1.71. The number of ether oxygens (including phenoxy) is 1. The van der Waals surface area contributed by atoms with Crippen LogP contribution in [0.3, 0.4) is 0 Å². The van der Waals surface area contributed by atoms with E-state index in [-0.39, 0.29) is 5.92 Å². The fraction of sp³-hybridized carbons (Fsp3) is 0.200. The van der Waals surface area contributed by atoms with E-state index in [0.29, 0.717) is 6.54 Å². The first kappa shape index (κ1) is 15.9. The summed E-state index contributed by atoms with van der Waals surface area (Å²) in [6.45, 7) is 0.538. The lowest BCUT2D eigenvalue weighted by molar-refractivity contribution is 0.409. The van der Waals surface area contributed by atoms with Crippen molar-refractivity contribution in [2.75, 3.05) is 13.7 Å². The molecule has 3 heteroatoms. The first-order chi connectivity index (χ1) is 11.2. The first-order valence-electron chi connectivity index (χ1n) is 7.73. The summed E-state index contributed by atoms with van der Waals surface area (Å²) >= 11 is 6.37. The van der Waals surface area contributed by atoms with E-state index < -0.39 is 0 Å². The number of hydrogen-bond donors (Lipinski definition) is 1. The summed E-state index contributed by atoms with van der Waals surface area (Å²) in [5.74, 6) is 1.05. The van der Waals surface area contributed by atoms with E-state index in [1.54, 1.807) is 7.11 Å². The quantitative estimate of drug-likeness (QED) is 0.732.